The van der Waals surface area contributed by atoms with Gasteiger partial charge in [0.25, 0.3) is 5.91 Å². The first-order valence-electron chi connectivity index (χ1n) is 12.0. The van der Waals surface area contributed by atoms with Crippen LogP contribution in [-0.4, -0.2) is 66.5 Å². The van der Waals surface area contributed by atoms with Gasteiger partial charge in [-0.3, -0.25) is 14.5 Å². The largest absolute Gasteiger partial charge is 0.367 e. The van der Waals surface area contributed by atoms with Crippen molar-refractivity contribution in [3.8, 4) is 0 Å². The zero-order valence-electron chi connectivity index (χ0n) is 19.7. The van der Waals surface area contributed by atoms with Crippen LogP contribution >= 0.6 is 0 Å². The molecule has 0 saturated carbocycles. The van der Waals surface area contributed by atoms with Crippen LogP contribution in [0.3, 0.4) is 0 Å². The quantitative estimate of drug-likeness (QED) is 0.705. The maximum Gasteiger partial charge on any atom is 0.251 e. The third-order valence-electron chi connectivity index (χ3n) is 6.76. The lowest BCUT2D eigenvalue weighted by Gasteiger charge is -2.36. The summed E-state index contributed by atoms with van der Waals surface area (Å²) in [6, 6.07) is 6.64. The molecule has 5 rings (SSSR count). The molecule has 8 nitrogen and oxygen atoms in total. The summed E-state index contributed by atoms with van der Waals surface area (Å²) in [7, 11) is 0. The number of nitrogens with zero attached hydrogens (tertiary/aromatic N) is 4. The molecule has 2 N–H and O–H groups in total. The fourth-order valence-electron chi connectivity index (χ4n) is 5.07. The average molecular weight is 467 g/mol. The second kappa shape index (κ2) is 9.21. The van der Waals surface area contributed by atoms with Crippen molar-refractivity contribution >= 4 is 29.0 Å². The van der Waals surface area contributed by atoms with Crippen molar-refractivity contribution in [3.05, 3.63) is 47.4 Å². The lowest BCUT2D eigenvalue weighted by atomic mass is 10.1. The highest BCUT2D eigenvalue weighted by molar-refractivity contribution is 6.03. The number of anilines is 3. The standard InChI is InChI=1S/C25H31FN6O2/c1-16(2)28-24(33)18-5-6-21(19(26)13-18)31-10-8-30(9-11-31)15-17-12-20-23(27-14-17)32-7-3-4-22(32)25(34)29-20/h5-6,12-14,16,22H,3-4,7-11,15H2,1-2H3,(H,28,33)(H,29,34). The average Bonchev–Trinajstić information content (AvgIpc) is 3.30. The molecule has 1 aromatic carbocycles. The van der Waals surface area contributed by atoms with Crippen LogP contribution in [0.25, 0.3) is 0 Å². The molecule has 0 bridgehead atoms. The number of nitrogens with one attached hydrogen (secondary N) is 2. The zero-order valence-corrected chi connectivity index (χ0v) is 19.7. The van der Waals surface area contributed by atoms with Gasteiger partial charge in [-0.1, -0.05) is 0 Å². The molecule has 0 aliphatic carbocycles. The van der Waals surface area contributed by atoms with E-state index in [0.29, 0.717) is 24.3 Å². The van der Waals surface area contributed by atoms with E-state index in [1.807, 2.05) is 31.0 Å². The number of benzene rings is 1. The fraction of sp³-hybridized carbons (Fsp3) is 0.480. The molecule has 180 valence electrons. The number of hydrogen-bond donors (Lipinski definition) is 2. The summed E-state index contributed by atoms with van der Waals surface area (Å²) < 4.78 is 14.8. The lowest BCUT2D eigenvalue weighted by Crippen LogP contribution is -2.46. The summed E-state index contributed by atoms with van der Waals surface area (Å²) >= 11 is 0. The molecule has 2 saturated heterocycles. The zero-order chi connectivity index (χ0) is 23.8. The Bertz CT molecular complexity index is 1100. The van der Waals surface area contributed by atoms with Crippen molar-refractivity contribution in [3.63, 3.8) is 0 Å². The second-order valence-electron chi connectivity index (χ2n) is 9.61. The molecule has 34 heavy (non-hydrogen) atoms. The molecule has 1 unspecified atom stereocenters. The van der Waals surface area contributed by atoms with Crippen LogP contribution < -0.4 is 20.4 Å². The number of halogens is 1. The summed E-state index contributed by atoms with van der Waals surface area (Å²) in [5, 5.41) is 5.82. The van der Waals surface area contributed by atoms with Crippen LogP contribution in [0, 0.1) is 5.82 Å². The Hall–Kier alpha value is -3.20. The molecule has 0 radical (unpaired) electrons. The number of carbonyl (C=O) groups is 2. The molecule has 1 atom stereocenters. The summed E-state index contributed by atoms with van der Waals surface area (Å²) in [6.45, 7) is 8.31. The van der Waals surface area contributed by atoms with E-state index in [1.54, 1.807) is 12.1 Å². The first kappa shape index (κ1) is 22.6. The smallest absolute Gasteiger partial charge is 0.251 e. The lowest BCUT2D eigenvalue weighted by molar-refractivity contribution is -0.117. The summed E-state index contributed by atoms with van der Waals surface area (Å²) in [5.74, 6) is 0.295. The molecule has 3 aliphatic heterocycles. The number of fused-ring (bicyclic) bond motifs is 3. The van der Waals surface area contributed by atoms with Gasteiger partial charge in [-0.2, -0.15) is 0 Å². The van der Waals surface area contributed by atoms with Crippen LogP contribution in [0.2, 0.25) is 0 Å². The Balaban J connectivity index is 1.20. The maximum atomic E-state index is 14.8. The number of pyridine rings is 1. The maximum absolute atomic E-state index is 14.8. The molecule has 2 amide bonds. The third kappa shape index (κ3) is 4.44. The highest BCUT2D eigenvalue weighted by Gasteiger charge is 2.37. The Morgan fingerprint density at radius 2 is 2.00 bits per heavy atom. The molecular formula is C25H31FN6O2. The predicted molar refractivity (Wildman–Crippen MR) is 130 cm³/mol. The Kier molecular flexibility index (Phi) is 6.12. The number of hydrogen-bond acceptors (Lipinski definition) is 6. The second-order valence-corrected chi connectivity index (χ2v) is 9.61. The van der Waals surface area contributed by atoms with Crippen LogP contribution in [0.1, 0.15) is 42.6 Å². The van der Waals surface area contributed by atoms with Crippen LogP contribution in [0.5, 0.6) is 0 Å². The van der Waals surface area contributed by atoms with E-state index in [-0.39, 0.29) is 29.7 Å². The van der Waals surface area contributed by atoms with Gasteiger partial charge in [0.1, 0.15) is 11.9 Å². The minimum absolute atomic E-state index is 0.00188. The summed E-state index contributed by atoms with van der Waals surface area (Å²) in [4.78, 5) is 35.7. The number of carbonyl (C=O) groups excluding carboxylic acids is 2. The van der Waals surface area contributed by atoms with Gasteiger partial charge in [-0.05, 0) is 56.5 Å². The minimum atomic E-state index is -0.375. The highest BCUT2D eigenvalue weighted by atomic mass is 19.1. The third-order valence-corrected chi connectivity index (χ3v) is 6.76. The molecule has 3 aliphatic rings. The van der Waals surface area contributed by atoms with Gasteiger partial charge in [0, 0.05) is 57.1 Å². The van der Waals surface area contributed by atoms with Crippen molar-refractivity contribution in [2.24, 2.45) is 0 Å². The van der Waals surface area contributed by atoms with Gasteiger partial charge >= 0.3 is 0 Å². The molecule has 9 heteroatoms. The van der Waals surface area contributed by atoms with Crippen molar-refractivity contribution in [2.75, 3.05) is 47.8 Å². The molecule has 1 aromatic heterocycles. The molecule has 2 fully saturated rings. The van der Waals surface area contributed by atoms with Crippen LogP contribution in [0.4, 0.5) is 21.6 Å². The fourth-order valence-corrected chi connectivity index (χ4v) is 5.07. The minimum Gasteiger partial charge on any atom is -0.367 e. The number of aromatic nitrogens is 1. The summed E-state index contributed by atoms with van der Waals surface area (Å²) in [5.41, 5.74) is 2.71. The normalized spacial score (nSPS) is 20.2. The SMILES string of the molecule is CC(C)NC(=O)c1ccc(N2CCN(Cc3cnc4c(c3)NC(=O)C3CCCN43)CC2)c(F)c1. The van der Waals surface area contributed by atoms with E-state index in [4.69, 9.17) is 0 Å². The van der Waals surface area contributed by atoms with Gasteiger partial charge in [0.05, 0.1) is 11.4 Å². The van der Waals surface area contributed by atoms with Gasteiger partial charge in [0.15, 0.2) is 5.82 Å². The molecule has 2 aromatic rings. The summed E-state index contributed by atoms with van der Waals surface area (Å²) in [6.07, 6.45) is 3.80. The topological polar surface area (TPSA) is 80.8 Å². The number of rotatable bonds is 5. The Morgan fingerprint density at radius 1 is 1.21 bits per heavy atom. The Morgan fingerprint density at radius 3 is 2.74 bits per heavy atom. The van der Waals surface area contributed by atoms with E-state index < -0.39 is 0 Å². The van der Waals surface area contributed by atoms with Crippen LogP contribution in [0.15, 0.2) is 30.5 Å². The van der Waals surface area contributed by atoms with Crippen molar-refractivity contribution in [1.29, 1.82) is 0 Å². The van der Waals surface area contributed by atoms with E-state index in [9.17, 15) is 14.0 Å². The first-order valence-corrected chi connectivity index (χ1v) is 12.0. The van der Waals surface area contributed by atoms with Gasteiger partial charge < -0.3 is 20.4 Å². The molecule has 0 spiro atoms. The predicted octanol–water partition coefficient (Wildman–Crippen LogP) is 2.60. The van der Waals surface area contributed by atoms with Crippen molar-refractivity contribution < 1.29 is 14.0 Å². The van der Waals surface area contributed by atoms with Gasteiger partial charge in [0.2, 0.25) is 5.91 Å². The van der Waals surface area contributed by atoms with Crippen LogP contribution in [-0.2, 0) is 11.3 Å². The van der Waals surface area contributed by atoms with Crippen molar-refractivity contribution in [1.82, 2.24) is 15.2 Å². The number of piperazine rings is 1. The van der Waals surface area contributed by atoms with Crippen molar-refractivity contribution in [2.45, 2.75) is 45.3 Å². The number of amides is 2. The van der Waals surface area contributed by atoms with Gasteiger partial charge in [-0.25, -0.2) is 9.37 Å². The van der Waals surface area contributed by atoms with E-state index in [1.165, 1.54) is 6.07 Å². The molecule has 4 heterocycles. The van der Waals surface area contributed by atoms with E-state index >= 15 is 0 Å². The molecular weight excluding hydrogens is 435 g/mol. The van der Waals surface area contributed by atoms with E-state index in [0.717, 1.165) is 56.1 Å². The monoisotopic (exact) mass is 466 g/mol. The van der Waals surface area contributed by atoms with E-state index in [2.05, 4.69) is 25.4 Å². The first-order chi connectivity index (χ1) is 16.4. The highest BCUT2D eigenvalue weighted by Crippen LogP contribution is 2.35. The van der Waals surface area contributed by atoms with Gasteiger partial charge in [-0.15, -0.1) is 0 Å². The Labute approximate surface area is 199 Å².